The van der Waals surface area contributed by atoms with E-state index < -0.39 is 0 Å². The van der Waals surface area contributed by atoms with Crippen molar-refractivity contribution in [1.82, 2.24) is 18.7 Å². The molecule has 1 atom stereocenters. The Morgan fingerprint density at radius 3 is 2.61 bits per heavy atom. The Kier molecular flexibility index (Phi) is 7.04. The van der Waals surface area contributed by atoms with Gasteiger partial charge in [-0.15, -0.1) is 0 Å². The Balaban J connectivity index is 0.00000280. The van der Waals surface area contributed by atoms with E-state index in [1.54, 1.807) is 20.5 Å². The zero-order valence-corrected chi connectivity index (χ0v) is 17.3. The number of para-hydroxylation sites is 1. The van der Waals surface area contributed by atoms with Gasteiger partial charge in [-0.05, 0) is 18.6 Å². The number of methoxy groups -OCH3 is 1. The van der Waals surface area contributed by atoms with Crippen LogP contribution < -0.4 is 33.7 Å². The Morgan fingerprint density at radius 2 is 1.89 bits per heavy atom. The second-order valence-corrected chi connectivity index (χ2v) is 6.83. The van der Waals surface area contributed by atoms with E-state index >= 15 is 0 Å². The SMILES string of the molecule is COc1ccccc1CC(C)[NH2+]CCn1cnc2c1c(=O)n(C)c(=O)n2C.[Cl-]. The fraction of sp³-hybridized carbons (Fsp3) is 0.421. The lowest BCUT2D eigenvalue weighted by Gasteiger charge is -2.13. The molecule has 0 spiro atoms. The Labute approximate surface area is 169 Å². The van der Waals surface area contributed by atoms with Crippen molar-refractivity contribution in [2.24, 2.45) is 14.1 Å². The van der Waals surface area contributed by atoms with E-state index in [0.717, 1.165) is 23.3 Å². The van der Waals surface area contributed by atoms with Crippen LogP contribution in [0.4, 0.5) is 0 Å². The summed E-state index contributed by atoms with van der Waals surface area (Å²) in [6.07, 6.45) is 2.52. The fourth-order valence-electron chi connectivity index (χ4n) is 3.37. The fourth-order valence-corrected chi connectivity index (χ4v) is 3.37. The molecular weight excluding hydrogens is 382 g/mol. The molecule has 3 rings (SSSR count). The molecule has 0 saturated heterocycles. The lowest BCUT2D eigenvalue weighted by Crippen LogP contribution is -3.00. The highest BCUT2D eigenvalue weighted by molar-refractivity contribution is 5.69. The highest BCUT2D eigenvalue weighted by Gasteiger charge is 2.15. The maximum absolute atomic E-state index is 12.5. The third-order valence-electron chi connectivity index (χ3n) is 4.89. The van der Waals surface area contributed by atoms with Gasteiger partial charge in [0.2, 0.25) is 0 Å². The zero-order valence-electron chi connectivity index (χ0n) is 16.6. The van der Waals surface area contributed by atoms with Gasteiger partial charge < -0.3 is 27.0 Å². The Bertz CT molecular complexity index is 1070. The first kappa shape index (κ1) is 21.7. The van der Waals surface area contributed by atoms with Crippen molar-refractivity contribution in [3.8, 4) is 5.75 Å². The summed E-state index contributed by atoms with van der Waals surface area (Å²) in [6, 6.07) is 8.40. The predicted molar refractivity (Wildman–Crippen MR) is 103 cm³/mol. The predicted octanol–water partition coefficient (Wildman–Crippen LogP) is -3.36. The van der Waals surface area contributed by atoms with E-state index in [1.165, 1.54) is 17.2 Å². The second kappa shape index (κ2) is 9.07. The molecule has 0 aliphatic rings. The van der Waals surface area contributed by atoms with Crippen LogP contribution in [0, 0.1) is 0 Å². The summed E-state index contributed by atoms with van der Waals surface area (Å²) >= 11 is 0. The van der Waals surface area contributed by atoms with Gasteiger partial charge >= 0.3 is 5.69 Å². The molecule has 9 heteroatoms. The quantitative estimate of drug-likeness (QED) is 0.443. The third-order valence-corrected chi connectivity index (χ3v) is 4.89. The summed E-state index contributed by atoms with van der Waals surface area (Å²) in [5, 5.41) is 2.24. The van der Waals surface area contributed by atoms with Crippen molar-refractivity contribution in [1.29, 1.82) is 0 Å². The maximum Gasteiger partial charge on any atom is 0.332 e. The summed E-state index contributed by atoms with van der Waals surface area (Å²) in [7, 11) is 4.80. The largest absolute Gasteiger partial charge is 1.00 e. The number of imidazole rings is 1. The van der Waals surface area contributed by atoms with E-state index in [-0.39, 0.29) is 23.7 Å². The minimum Gasteiger partial charge on any atom is -1.00 e. The molecule has 2 aromatic heterocycles. The number of hydrogen-bond donors (Lipinski definition) is 1. The molecule has 1 aromatic carbocycles. The Morgan fingerprint density at radius 1 is 1.18 bits per heavy atom. The molecule has 2 N–H and O–H groups in total. The van der Waals surface area contributed by atoms with Crippen molar-refractivity contribution in [2.75, 3.05) is 13.7 Å². The summed E-state index contributed by atoms with van der Waals surface area (Å²) < 4.78 is 9.76. The van der Waals surface area contributed by atoms with Crippen LogP contribution in [-0.2, 0) is 27.1 Å². The molecule has 0 bridgehead atoms. The smallest absolute Gasteiger partial charge is 0.332 e. The molecule has 1 unspecified atom stereocenters. The minimum atomic E-state index is -0.366. The second-order valence-electron chi connectivity index (χ2n) is 6.83. The lowest BCUT2D eigenvalue weighted by atomic mass is 10.1. The number of nitrogens with two attached hydrogens (primary N) is 1. The van der Waals surface area contributed by atoms with Crippen LogP contribution >= 0.6 is 0 Å². The number of hydrogen-bond acceptors (Lipinski definition) is 4. The monoisotopic (exact) mass is 407 g/mol. The highest BCUT2D eigenvalue weighted by atomic mass is 35.5. The van der Waals surface area contributed by atoms with Gasteiger partial charge in [-0.1, -0.05) is 18.2 Å². The summed E-state index contributed by atoms with van der Waals surface area (Å²) in [5.74, 6) is 0.905. The molecule has 0 radical (unpaired) electrons. The molecule has 152 valence electrons. The maximum atomic E-state index is 12.5. The van der Waals surface area contributed by atoms with Crippen molar-refractivity contribution in [2.45, 2.75) is 25.9 Å². The Hall–Kier alpha value is -2.58. The van der Waals surface area contributed by atoms with Crippen LogP contribution in [0.15, 0.2) is 40.2 Å². The van der Waals surface area contributed by atoms with Crippen LogP contribution in [0.5, 0.6) is 5.75 Å². The van der Waals surface area contributed by atoms with Gasteiger partial charge in [0.1, 0.15) is 5.75 Å². The molecule has 28 heavy (non-hydrogen) atoms. The number of nitrogens with zero attached hydrogens (tertiary/aromatic N) is 4. The van der Waals surface area contributed by atoms with Crippen LogP contribution in [0.1, 0.15) is 12.5 Å². The molecule has 0 aliphatic carbocycles. The van der Waals surface area contributed by atoms with Gasteiger partial charge in [0.15, 0.2) is 11.2 Å². The number of benzene rings is 1. The lowest BCUT2D eigenvalue weighted by molar-refractivity contribution is -0.686. The summed E-state index contributed by atoms with van der Waals surface area (Å²) in [6.45, 7) is 3.61. The first-order valence-corrected chi connectivity index (χ1v) is 9.00. The van der Waals surface area contributed by atoms with Gasteiger partial charge in [-0.3, -0.25) is 13.9 Å². The number of quaternary nitrogens is 1. The number of ether oxygens (including phenoxy) is 1. The molecule has 0 fully saturated rings. The van der Waals surface area contributed by atoms with E-state index in [9.17, 15) is 9.59 Å². The first-order chi connectivity index (χ1) is 12.9. The minimum absolute atomic E-state index is 0. The van der Waals surface area contributed by atoms with Crippen LogP contribution in [0.25, 0.3) is 11.2 Å². The average molecular weight is 408 g/mol. The molecule has 3 aromatic rings. The van der Waals surface area contributed by atoms with Gasteiger partial charge in [0, 0.05) is 20.5 Å². The van der Waals surface area contributed by atoms with Gasteiger partial charge in [0.05, 0.1) is 32.6 Å². The summed E-state index contributed by atoms with van der Waals surface area (Å²) in [4.78, 5) is 28.7. The first-order valence-electron chi connectivity index (χ1n) is 9.00. The molecular formula is C19H26ClN5O3. The van der Waals surface area contributed by atoms with Crippen molar-refractivity contribution in [3.63, 3.8) is 0 Å². The van der Waals surface area contributed by atoms with E-state index in [2.05, 4.69) is 23.3 Å². The molecule has 0 saturated carbocycles. The van der Waals surface area contributed by atoms with Crippen LogP contribution in [0.2, 0.25) is 0 Å². The number of halogens is 1. The van der Waals surface area contributed by atoms with Gasteiger partial charge in [0.25, 0.3) is 5.56 Å². The summed E-state index contributed by atoms with van der Waals surface area (Å²) in [5.41, 5.74) is 1.39. The van der Waals surface area contributed by atoms with Gasteiger partial charge in [-0.2, -0.15) is 0 Å². The molecule has 0 aliphatic heterocycles. The normalized spacial score (nSPS) is 12.0. The highest BCUT2D eigenvalue weighted by Crippen LogP contribution is 2.18. The number of rotatable bonds is 7. The van der Waals surface area contributed by atoms with Crippen LogP contribution in [0.3, 0.4) is 0 Å². The zero-order chi connectivity index (χ0) is 19.6. The van der Waals surface area contributed by atoms with Crippen LogP contribution in [-0.4, -0.2) is 38.4 Å². The van der Waals surface area contributed by atoms with Crippen molar-refractivity contribution >= 4 is 11.2 Å². The standard InChI is InChI=1S/C19H25N5O3.ClH/c1-13(11-14-7-5-6-8-15(14)27-4)20-9-10-24-12-21-17-16(24)18(25)23(3)19(26)22(17)2;/h5-8,12-13,20H,9-11H2,1-4H3;1H. The van der Waals surface area contributed by atoms with E-state index in [4.69, 9.17) is 4.74 Å². The number of fused-ring (bicyclic) bond motifs is 1. The average Bonchev–Trinajstić information content (AvgIpc) is 3.09. The topological polar surface area (TPSA) is 87.7 Å². The van der Waals surface area contributed by atoms with Gasteiger partial charge in [-0.25, -0.2) is 9.78 Å². The van der Waals surface area contributed by atoms with E-state index in [0.29, 0.717) is 23.8 Å². The number of aromatic nitrogens is 4. The number of aryl methyl sites for hydroxylation is 1. The van der Waals surface area contributed by atoms with E-state index in [1.807, 2.05) is 22.8 Å². The molecule has 0 amide bonds. The molecule has 2 heterocycles. The molecule has 8 nitrogen and oxygen atoms in total. The van der Waals surface area contributed by atoms with Crippen molar-refractivity contribution in [3.05, 3.63) is 57.0 Å². The third kappa shape index (κ3) is 4.13. The van der Waals surface area contributed by atoms with Crippen molar-refractivity contribution < 1.29 is 22.5 Å².